The number of piperidine rings is 1. The maximum absolute atomic E-state index is 11.8. The van der Waals surface area contributed by atoms with Crippen LogP contribution < -0.4 is 5.32 Å². The number of likely N-dealkylation sites (tertiary alicyclic amines) is 1. The van der Waals surface area contributed by atoms with Crippen LogP contribution in [0.5, 0.6) is 0 Å². The van der Waals surface area contributed by atoms with Gasteiger partial charge in [-0.2, -0.15) is 0 Å². The first kappa shape index (κ1) is 11.2. The molecule has 90 valence electrons. The molecule has 0 spiro atoms. The van der Waals surface area contributed by atoms with Crippen molar-refractivity contribution in [2.75, 3.05) is 6.54 Å². The summed E-state index contributed by atoms with van der Waals surface area (Å²) in [5.74, 6) is -0.511. The molecule has 2 atom stereocenters. The highest BCUT2D eigenvalue weighted by Gasteiger charge is 2.36. The van der Waals surface area contributed by atoms with Crippen molar-refractivity contribution < 1.29 is 14.7 Å². The van der Waals surface area contributed by atoms with Gasteiger partial charge in [0.1, 0.15) is 6.04 Å². The third kappa shape index (κ3) is 2.46. The minimum absolute atomic E-state index is 0.207. The molecule has 0 aromatic heterocycles. The molecule has 0 aromatic carbocycles. The van der Waals surface area contributed by atoms with Crippen LogP contribution in [0, 0.1) is 5.92 Å². The molecule has 1 saturated heterocycles. The Hall–Kier alpha value is -1.26. The Bertz CT molecular complexity index is 302. The smallest absolute Gasteiger partial charge is 0.326 e. The second-order valence-corrected chi connectivity index (χ2v) is 4.90. The Kier molecular flexibility index (Phi) is 3.03. The van der Waals surface area contributed by atoms with Gasteiger partial charge in [0.15, 0.2) is 0 Å². The van der Waals surface area contributed by atoms with E-state index in [0.717, 1.165) is 19.3 Å². The molecule has 1 heterocycles. The van der Waals surface area contributed by atoms with Crippen LogP contribution >= 0.6 is 0 Å². The summed E-state index contributed by atoms with van der Waals surface area (Å²) < 4.78 is 0. The standard InChI is InChI=1S/C11H18N2O3/c1-7-4-5-13(9(6-7)10(14)15)11(16)12-8-2-3-8/h7-9H,2-6H2,1H3,(H,12,16)(H,14,15). The predicted molar refractivity (Wildman–Crippen MR) is 58.1 cm³/mol. The fourth-order valence-electron chi connectivity index (χ4n) is 2.10. The number of aliphatic carboxylic acids is 1. The Balaban J connectivity index is 1.98. The Labute approximate surface area is 94.8 Å². The molecule has 0 aromatic rings. The molecule has 2 N–H and O–H groups in total. The van der Waals surface area contributed by atoms with E-state index in [1.807, 2.05) is 6.92 Å². The Morgan fingerprint density at radius 2 is 2.00 bits per heavy atom. The molecule has 16 heavy (non-hydrogen) atoms. The van der Waals surface area contributed by atoms with Crippen LogP contribution in [0.15, 0.2) is 0 Å². The number of carboxylic acids is 1. The monoisotopic (exact) mass is 226 g/mol. The minimum atomic E-state index is -0.891. The molecule has 1 saturated carbocycles. The number of hydrogen-bond donors (Lipinski definition) is 2. The van der Waals surface area contributed by atoms with Gasteiger partial charge < -0.3 is 15.3 Å². The van der Waals surface area contributed by atoms with E-state index in [0.29, 0.717) is 18.9 Å². The average Bonchev–Trinajstić information content (AvgIpc) is 3.01. The number of nitrogens with zero attached hydrogens (tertiary/aromatic N) is 1. The van der Waals surface area contributed by atoms with Gasteiger partial charge >= 0.3 is 12.0 Å². The minimum Gasteiger partial charge on any atom is -0.480 e. The third-order valence-electron chi connectivity index (χ3n) is 3.32. The number of carboxylic acid groups (broad SMARTS) is 1. The lowest BCUT2D eigenvalue weighted by Crippen LogP contribution is -2.53. The van der Waals surface area contributed by atoms with E-state index in [1.165, 1.54) is 4.90 Å². The van der Waals surface area contributed by atoms with Gasteiger partial charge in [0.05, 0.1) is 0 Å². The maximum atomic E-state index is 11.8. The number of hydrogen-bond acceptors (Lipinski definition) is 2. The van der Waals surface area contributed by atoms with Crippen molar-refractivity contribution in [3.63, 3.8) is 0 Å². The summed E-state index contributed by atoms with van der Waals surface area (Å²) in [7, 11) is 0. The first-order valence-electron chi connectivity index (χ1n) is 5.88. The van der Waals surface area contributed by atoms with E-state index in [1.54, 1.807) is 0 Å². The molecule has 0 radical (unpaired) electrons. The number of nitrogens with one attached hydrogen (secondary N) is 1. The summed E-state index contributed by atoms with van der Waals surface area (Å²) in [6, 6.07) is -0.578. The summed E-state index contributed by atoms with van der Waals surface area (Å²) in [6.07, 6.45) is 3.50. The van der Waals surface area contributed by atoms with E-state index in [4.69, 9.17) is 5.11 Å². The molecule has 2 rings (SSSR count). The molecule has 0 bridgehead atoms. The number of rotatable bonds is 2. The van der Waals surface area contributed by atoms with Crippen molar-refractivity contribution in [2.24, 2.45) is 5.92 Å². The maximum Gasteiger partial charge on any atom is 0.326 e. The van der Waals surface area contributed by atoms with Gasteiger partial charge in [-0.25, -0.2) is 9.59 Å². The number of carbonyl (C=O) groups excluding carboxylic acids is 1. The van der Waals surface area contributed by atoms with Crippen molar-refractivity contribution in [3.05, 3.63) is 0 Å². The molecule has 5 heteroatoms. The number of urea groups is 1. The van der Waals surface area contributed by atoms with E-state index < -0.39 is 12.0 Å². The van der Waals surface area contributed by atoms with Gasteiger partial charge in [-0.1, -0.05) is 6.92 Å². The van der Waals surface area contributed by atoms with Crippen molar-refractivity contribution in [3.8, 4) is 0 Å². The van der Waals surface area contributed by atoms with Crippen LogP contribution in [0.4, 0.5) is 4.79 Å². The average molecular weight is 226 g/mol. The second-order valence-electron chi connectivity index (χ2n) is 4.90. The van der Waals surface area contributed by atoms with Gasteiger partial charge in [-0.05, 0) is 31.6 Å². The number of amides is 2. The summed E-state index contributed by atoms with van der Waals surface area (Å²) >= 11 is 0. The van der Waals surface area contributed by atoms with Crippen LogP contribution in [0.3, 0.4) is 0 Å². The van der Waals surface area contributed by atoms with E-state index in [-0.39, 0.29) is 12.1 Å². The Morgan fingerprint density at radius 3 is 2.56 bits per heavy atom. The summed E-state index contributed by atoms with van der Waals surface area (Å²) in [5, 5.41) is 12.0. The van der Waals surface area contributed by atoms with E-state index in [9.17, 15) is 9.59 Å². The van der Waals surface area contributed by atoms with Crippen LogP contribution in [0.1, 0.15) is 32.6 Å². The quantitative estimate of drug-likeness (QED) is 0.739. The molecular formula is C11H18N2O3. The molecule has 2 fully saturated rings. The van der Waals surface area contributed by atoms with Crippen LogP contribution in [-0.4, -0.2) is 40.6 Å². The zero-order valence-electron chi connectivity index (χ0n) is 9.48. The summed E-state index contributed by atoms with van der Waals surface area (Å²) in [4.78, 5) is 24.4. The van der Waals surface area contributed by atoms with Crippen molar-refractivity contribution in [2.45, 2.75) is 44.7 Å². The van der Waals surface area contributed by atoms with Crippen molar-refractivity contribution in [1.82, 2.24) is 10.2 Å². The highest BCUT2D eigenvalue weighted by Crippen LogP contribution is 2.24. The molecule has 2 unspecified atom stereocenters. The molecule has 1 aliphatic carbocycles. The lowest BCUT2D eigenvalue weighted by atomic mass is 9.93. The third-order valence-corrected chi connectivity index (χ3v) is 3.32. The van der Waals surface area contributed by atoms with Gasteiger partial charge in [0.2, 0.25) is 0 Å². The highest BCUT2D eigenvalue weighted by molar-refractivity contribution is 5.83. The molecule has 2 amide bonds. The van der Waals surface area contributed by atoms with Crippen molar-refractivity contribution in [1.29, 1.82) is 0 Å². The first-order valence-corrected chi connectivity index (χ1v) is 5.88. The van der Waals surface area contributed by atoms with E-state index >= 15 is 0 Å². The van der Waals surface area contributed by atoms with Gasteiger partial charge in [-0.15, -0.1) is 0 Å². The van der Waals surface area contributed by atoms with Gasteiger partial charge in [0.25, 0.3) is 0 Å². The topological polar surface area (TPSA) is 69.6 Å². The van der Waals surface area contributed by atoms with Crippen LogP contribution in [0.2, 0.25) is 0 Å². The summed E-state index contributed by atoms with van der Waals surface area (Å²) in [6.45, 7) is 2.59. The SMILES string of the molecule is CC1CCN(C(=O)NC2CC2)C(C(=O)O)C1. The predicted octanol–water partition coefficient (Wildman–Crippen LogP) is 1.04. The fraction of sp³-hybridized carbons (Fsp3) is 0.818. The lowest BCUT2D eigenvalue weighted by molar-refractivity contribution is -0.143. The van der Waals surface area contributed by atoms with E-state index in [2.05, 4.69) is 5.32 Å². The summed E-state index contributed by atoms with van der Waals surface area (Å²) in [5.41, 5.74) is 0. The highest BCUT2D eigenvalue weighted by atomic mass is 16.4. The zero-order chi connectivity index (χ0) is 11.7. The molecule has 5 nitrogen and oxygen atoms in total. The molecular weight excluding hydrogens is 208 g/mol. The number of carbonyl (C=O) groups is 2. The normalized spacial score (nSPS) is 29.9. The molecule has 2 aliphatic rings. The second kappa shape index (κ2) is 4.31. The largest absolute Gasteiger partial charge is 0.480 e. The van der Waals surface area contributed by atoms with Crippen LogP contribution in [-0.2, 0) is 4.79 Å². The lowest BCUT2D eigenvalue weighted by Gasteiger charge is -2.35. The molecule has 1 aliphatic heterocycles. The van der Waals surface area contributed by atoms with Crippen LogP contribution in [0.25, 0.3) is 0 Å². The first-order chi connectivity index (χ1) is 7.58. The fourth-order valence-corrected chi connectivity index (χ4v) is 2.10. The van der Waals surface area contributed by atoms with Gasteiger partial charge in [-0.3, -0.25) is 0 Å². The Morgan fingerprint density at radius 1 is 1.31 bits per heavy atom. The van der Waals surface area contributed by atoms with Gasteiger partial charge in [0, 0.05) is 12.6 Å². The zero-order valence-corrected chi connectivity index (χ0v) is 9.48. The van der Waals surface area contributed by atoms with Crippen molar-refractivity contribution >= 4 is 12.0 Å².